The summed E-state index contributed by atoms with van der Waals surface area (Å²) in [6.07, 6.45) is 0.636. The summed E-state index contributed by atoms with van der Waals surface area (Å²) in [6.45, 7) is -0.416. The highest BCUT2D eigenvalue weighted by atomic mass is 16.6. The fourth-order valence-electron chi connectivity index (χ4n) is 2.93. The number of primary amides is 1. The van der Waals surface area contributed by atoms with Crippen LogP contribution in [0.5, 0.6) is 17.2 Å². The molecule has 1 aromatic heterocycles. The lowest BCUT2D eigenvalue weighted by Gasteiger charge is -2.19. The van der Waals surface area contributed by atoms with Gasteiger partial charge in [0.15, 0.2) is 18.1 Å². The van der Waals surface area contributed by atoms with Crippen LogP contribution in [0.2, 0.25) is 0 Å². The summed E-state index contributed by atoms with van der Waals surface area (Å²) in [5.41, 5.74) is 4.42. The van der Waals surface area contributed by atoms with Gasteiger partial charge >= 0.3 is 11.9 Å². The molecule has 0 fully saturated rings. The minimum Gasteiger partial charge on any atom is -0.506 e. The third-order valence-electron chi connectivity index (χ3n) is 4.42. The van der Waals surface area contributed by atoms with Crippen molar-refractivity contribution < 1.29 is 38.4 Å². The van der Waals surface area contributed by atoms with Gasteiger partial charge in [-0.05, 0) is 17.7 Å². The Labute approximate surface area is 176 Å². The van der Waals surface area contributed by atoms with Crippen molar-refractivity contribution in [2.75, 3.05) is 27.9 Å². The summed E-state index contributed by atoms with van der Waals surface area (Å²) in [4.78, 5) is 49.9. The lowest BCUT2D eigenvalue weighted by Crippen LogP contribution is -2.24. The van der Waals surface area contributed by atoms with Crippen molar-refractivity contribution in [3.05, 3.63) is 51.4 Å². The first kappa shape index (κ1) is 23.3. The number of aromatic nitrogens is 1. The van der Waals surface area contributed by atoms with Crippen LogP contribution in [0, 0.1) is 0 Å². The molecule has 2 rings (SSSR count). The zero-order valence-corrected chi connectivity index (χ0v) is 17.1. The second-order valence-corrected chi connectivity index (χ2v) is 6.28. The Morgan fingerprint density at radius 1 is 1.13 bits per heavy atom. The van der Waals surface area contributed by atoms with Crippen LogP contribution in [0.1, 0.15) is 33.8 Å². The molecule has 0 radical (unpaired) electrons. The molecule has 0 saturated carbocycles. The number of esters is 2. The number of nitrogens with one attached hydrogen (secondary N) is 1. The van der Waals surface area contributed by atoms with Gasteiger partial charge in [0.1, 0.15) is 11.3 Å². The Balaban J connectivity index is 2.63. The first-order valence-corrected chi connectivity index (χ1v) is 8.92. The number of pyridine rings is 1. The van der Waals surface area contributed by atoms with E-state index >= 15 is 0 Å². The third-order valence-corrected chi connectivity index (χ3v) is 4.42. The molecule has 1 atom stereocenters. The zero-order chi connectivity index (χ0) is 23.1. The summed E-state index contributed by atoms with van der Waals surface area (Å²) >= 11 is 0. The predicted molar refractivity (Wildman–Crippen MR) is 106 cm³/mol. The van der Waals surface area contributed by atoms with E-state index in [0.29, 0.717) is 5.56 Å². The molecule has 0 aliphatic heterocycles. The molecule has 0 spiro atoms. The van der Waals surface area contributed by atoms with Crippen LogP contribution in [0.25, 0.3) is 0 Å². The smallest absolute Gasteiger partial charge is 0.343 e. The summed E-state index contributed by atoms with van der Waals surface area (Å²) in [5, 5.41) is 10.6. The summed E-state index contributed by atoms with van der Waals surface area (Å²) < 4.78 is 19.7. The van der Waals surface area contributed by atoms with Crippen LogP contribution < -0.4 is 20.8 Å². The van der Waals surface area contributed by atoms with E-state index in [9.17, 15) is 24.3 Å². The van der Waals surface area contributed by atoms with Gasteiger partial charge in [-0.3, -0.25) is 9.59 Å². The average molecular weight is 434 g/mol. The molecule has 0 unspecified atom stereocenters. The predicted octanol–water partition coefficient (Wildman–Crippen LogP) is 0.435. The van der Waals surface area contributed by atoms with Crippen LogP contribution in [0.15, 0.2) is 29.2 Å². The van der Waals surface area contributed by atoms with E-state index in [1.165, 1.54) is 32.4 Å². The van der Waals surface area contributed by atoms with Crippen LogP contribution in [0.3, 0.4) is 0 Å². The minimum atomic E-state index is -1.04. The Morgan fingerprint density at radius 2 is 1.84 bits per heavy atom. The molecule has 11 heteroatoms. The summed E-state index contributed by atoms with van der Waals surface area (Å²) in [7, 11) is 3.70. The van der Waals surface area contributed by atoms with Crippen molar-refractivity contribution in [3.63, 3.8) is 0 Å². The molecule has 1 heterocycles. The molecule has 0 bridgehead atoms. The molecule has 2 aromatic rings. The van der Waals surface area contributed by atoms with Crippen LogP contribution in [0.4, 0.5) is 0 Å². The largest absolute Gasteiger partial charge is 0.506 e. The number of hydrogen-bond acceptors (Lipinski definition) is 9. The van der Waals surface area contributed by atoms with Crippen molar-refractivity contribution in [3.8, 4) is 17.2 Å². The van der Waals surface area contributed by atoms with Crippen LogP contribution in [-0.2, 0) is 19.1 Å². The number of hydrogen-bond donors (Lipinski definition) is 3. The number of H-pyrrole nitrogens is 1. The molecule has 166 valence electrons. The Hall–Kier alpha value is -4.02. The molecule has 4 N–H and O–H groups in total. The van der Waals surface area contributed by atoms with E-state index in [2.05, 4.69) is 14.5 Å². The number of benzene rings is 1. The zero-order valence-electron chi connectivity index (χ0n) is 17.1. The topological polar surface area (TPSA) is 167 Å². The Kier molecular flexibility index (Phi) is 7.61. The fraction of sp³-hybridized carbons (Fsp3) is 0.300. The number of aromatic amines is 1. The first-order chi connectivity index (χ1) is 14.7. The lowest BCUT2D eigenvalue weighted by atomic mass is 9.87. The number of carbonyl (C=O) groups excluding carboxylic acids is 3. The van der Waals surface area contributed by atoms with Crippen molar-refractivity contribution in [1.82, 2.24) is 4.98 Å². The molecule has 11 nitrogen and oxygen atoms in total. The van der Waals surface area contributed by atoms with Crippen molar-refractivity contribution in [2.45, 2.75) is 12.3 Å². The van der Waals surface area contributed by atoms with E-state index in [1.807, 2.05) is 0 Å². The first-order valence-electron chi connectivity index (χ1n) is 8.92. The highest BCUT2D eigenvalue weighted by Gasteiger charge is 2.28. The normalized spacial score (nSPS) is 11.3. The second kappa shape index (κ2) is 10.1. The number of ether oxygens (including phenoxy) is 4. The van der Waals surface area contributed by atoms with Gasteiger partial charge < -0.3 is 34.8 Å². The van der Waals surface area contributed by atoms with Gasteiger partial charge in [0.2, 0.25) is 5.91 Å². The van der Waals surface area contributed by atoms with E-state index in [4.69, 9.17) is 15.2 Å². The van der Waals surface area contributed by atoms with Crippen molar-refractivity contribution >= 4 is 17.8 Å². The minimum absolute atomic E-state index is 0.125. The monoisotopic (exact) mass is 434 g/mol. The number of nitrogens with two attached hydrogens (primary N) is 1. The average Bonchev–Trinajstić information content (AvgIpc) is 2.75. The van der Waals surface area contributed by atoms with E-state index in [0.717, 1.165) is 13.3 Å². The fourth-order valence-corrected chi connectivity index (χ4v) is 2.93. The highest BCUT2D eigenvalue weighted by Crippen LogP contribution is 2.37. The highest BCUT2D eigenvalue weighted by molar-refractivity contribution is 5.92. The maximum absolute atomic E-state index is 12.5. The van der Waals surface area contributed by atoms with Crippen LogP contribution in [-0.4, -0.2) is 55.9 Å². The van der Waals surface area contributed by atoms with Crippen molar-refractivity contribution in [2.24, 2.45) is 5.73 Å². The van der Waals surface area contributed by atoms with Gasteiger partial charge in [0.05, 0.1) is 26.9 Å². The SMILES string of the molecule is COC(=O)COc1cc([C@@H](CC(N)=O)c2c(O)c(C(=O)OC)c[nH]c2=O)ccc1OC. The van der Waals surface area contributed by atoms with Gasteiger partial charge in [-0.2, -0.15) is 0 Å². The van der Waals surface area contributed by atoms with Gasteiger partial charge in [0, 0.05) is 18.5 Å². The number of carbonyl (C=O) groups is 3. The summed E-state index contributed by atoms with van der Waals surface area (Å²) in [5.74, 6) is -3.58. The van der Waals surface area contributed by atoms with Gasteiger partial charge in [0.25, 0.3) is 5.56 Å². The van der Waals surface area contributed by atoms with E-state index < -0.39 is 41.7 Å². The quantitative estimate of drug-likeness (QED) is 0.474. The molecule has 0 saturated heterocycles. The maximum atomic E-state index is 12.5. The molecule has 31 heavy (non-hydrogen) atoms. The Morgan fingerprint density at radius 3 is 2.42 bits per heavy atom. The molecular weight excluding hydrogens is 412 g/mol. The van der Waals surface area contributed by atoms with Crippen LogP contribution >= 0.6 is 0 Å². The second-order valence-electron chi connectivity index (χ2n) is 6.28. The maximum Gasteiger partial charge on any atom is 0.343 e. The number of methoxy groups -OCH3 is 3. The molecular formula is C20H22N2O9. The van der Waals surface area contributed by atoms with Gasteiger partial charge in [-0.25, -0.2) is 9.59 Å². The van der Waals surface area contributed by atoms with Gasteiger partial charge in [-0.15, -0.1) is 0 Å². The Bertz CT molecular complexity index is 1050. The molecule has 0 aliphatic rings. The van der Waals surface area contributed by atoms with E-state index in [1.54, 1.807) is 0 Å². The number of rotatable bonds is 9. The van der Waals surface area contributed by atoms with Gasteiger partial charge in [-0.1, -0.05) is 6.07 Å². The lowest BCUT2D eigenvalue weighted by molar-refractivity contribution is -0.142. The molecule has 1 aromatic carbocycles. The third kappa shape index (κ3) is 5.32. The van der Waals surface area contributed by atoms with E-state index in [-0.39, 0.29) is 29.0 Å². The number of amides is 1. The number of aromatic hydroxyl groups is 1. The summed E-state index contributed by atoms with van der Waals surface area (Å²) in [6, 6.07) is 4.45. The molecule has 1 amide bonds. The standard InChI is InChI=1S/C20H22N2O9/c1-28-13-5-4-10(6-14(13)31-9-16(24)29-2)11(7-15(21)23)17-18(25)12(20(27)30-3)8-22-19(17)26/h4-6,8,11H,7,9H2,1-3H3,(H2,21,23)(H2,22,25,26)/t11-/m1/s1. The molecule has 0 aliphatic carbocycles. The van der Waals surface area contributed by atoms with Crippen molar-refractivity contribution in [1.29, 1.82) is 0 Å².